The number of nitrogens with two attached hydrogens (primary N) is 1. The quantitative estimate of drug-likeness (QED) is 0.859. The molecular weight excluding hydrogens is 314 g/mol. The molecule has 1 fully saturated rings. The topological polar surface area (TPSA) is 46.3 Å². The highest BCUT2D eigenvalue weighted by atomic mass is 35.5. The minimum absolute atomic E-state index is 0.224. The van der Waals surface area contributed by atoms with Crippen LogP contribution in [0.25, 0.3) is 0 Å². The molecule has 2 aromatic rings. The van der Waals surface area contributed by atoms with Crippen LogP contribution >= 0.6 is 23.2 Å². The average Bonchev–Trinajstić information content (AvgIpc) is 2.46. The van der Waals surface area contributed by atoms with Gasteiger partial charge in [-0.2, -0.15) is 0 Å². The maximum absolute atomic E-state index is 13.0. The van der Waals surface area contributed by atoms with Crippen LogP contribution in [0.3, 0.4) is 0 Å². The van der Waals surface area contributed by atoms with Crippen LogP contribution in [-0.2, 0) is 4.79 Å². The molecule has 0 spiro atoms. The molecule has 21 heavy (non-hydrogen) atoms. The van der Waals surface area contributed by atoms with Crippen LogP contribution in [-0.4, -0.2) is 11.9 Å². The molecule has 0 aromatic heterocycles. The second-order valence-corrected chi connectivity index (χ2v) is 5.66. The third-order valence-corrected chi connectivity index (χ3v) is 4.09. The predicted molar refractivity (Wildman–Crippen MR) is 81.1 cm³/mol. The summed E-state index contributed by atoms with van der Waals surface area (Å²) in [5.41, 5.74) is 7.21. The van der Waals surface area contributed by atoms with Crippen molar-refractivity contribution in [2.24, 2.45) is 5.73 Å². The summed E-state index contributed by atoms with van der Waals surface area (Å²) in [6, 6.07) is 9.67. The first-order valence-electron chi connectivity index (χ1n) is 6.28. The van der Waals surface area contributed by atoms with Gasteiger partial charge in [-0.1, -0.05) is 29.3 Å². The van der Waals surface area contributed by atoms with E-state index in [1.54, 1.807) is 18.2 Å². The Hall–Kier alpha value is -1.62. The number of carbonyl (C=O) groups is 1. The number of β-lactam (4-membered cyclic amide) rings is 1. The van der Waals surface area contributed by atoms with Crippen molar-refractivity contribution in [2.75, 3.05) is 4.90 Å². The number of hydrogen-bond acceptors (Lipinski definition) is 2. The van der Waals surface area contributed by atoms with Gasteiger partial charge in [-0.05, 0) is 42.0 Å². The van der Waals surface area contributed by atoms with Gasteiger partial charge in [-0.15, -0.1) is 0 Å². The third-order valence-electron chi connectivity index (χ3n) is 3.53. The molecule has 0 saturated carbocycles. The van der Waals surface area contributed by atoms with Gasteiger partial charge >= 0.3 is 0 Å². The number of amides is 1. The summed E-state index contributed by atoms with van der Waals surface area (Å²) in [5, 5.41) is 0.957. The maximum Gasteiger partial charge on any atom is 0.247 e. The summed E-state index contributed by atoms with van der Waals surface area (Å²) >= 11 is 12.1. The molecule has 6 heteroatoms. The van der Waals surface area contributed by atoms with Gasteiger partial charge in [-0.25, -0.2) is 4.39 Å². The zero-order valence-corrected chi connectivity index (χ0v) is 12.3. The Kier molecular flexibility index (Phi) is 3.61. The summed E-state index contributed by atoms with van der Waals surface area (Å²) in [4.78, 5) is 13.6. The van der Waals surface area contributed by atoms with Gasteiger partial charge in [-0.3, -0.25) is 4.79 Å². The van der Waals surface area contributed by atoms with E-state index < -0.39 is 6.04 Å². The molecule has 0 bridgehead atoms. The first-order valence-corrected chi connectivity index (χ1v) is 7.04. The first-order chi connectivity index (χ1) is 9.99. The summed E-state index contributed by atoms with van der Waals surface area (Å²) in [5.74, 6) is -0.588. The molecule has 0 aliphatic carbocycles. The summed E-state index contributed by atoms with van der Waals surface area (Å²) < 4.78 is 13.0. The van der Waals surface area contributed by atoms with Crippen LogP contribution in [0.4, 0.5) is 10.1 Å². The third kappa shape index (κ3) is 2.39. The van der Waals surface area contributed by atoms with Crippen molar-refractivity contribution >= 4 is 34.8 Å². The van der Waals surface area contributed by atoms with Crippen LogP contribution < -0.4 is 10.6 Å². The molecule has 2 atom stereocenters. The summed E-state index contributed by atoms with van der Waals surface area (Å²) in [6.45, 7) is 0. The van der Waals surface area contributed by atoms with E-state index in [4.69, 9.17) is 28.9 Å². The number of carbonyl (C=O) groups excluding carboxylic acids is 1. The smallest absolute Gasteiger partial charge is 0.247 e. The molecule has 108 valence electrons. The van der Waals surface area contributed by atoms with E-state index in [0.29, 0.717) is 15.7 Å². The lowest BCUT2D eigenvalue weighted by Gasteiger charge is -2.45. The Labute approximate surface area is 131 Å². The molecule has 0 unspecified atom stereocenters. The highest BCUT2D eigenvalue weighted by molar-refractivity contribution is 6.35. The van der Waals surface area contributed by atoms with Gasteiger partial charge in [0, 0.05) is 15.7 Å². The van der Waals surface area contributed by atoms with Crippen molar-refractivity contribution in [1.29, 1.82) is 0 Å². The molecule has 1 aliphatic heterocycles. The van der Waals surface area contributed by atoms with Crippen LogP contribution in [0.2, 0.25) is 10.0 Å². The zero-order valence-electron chi connectivity index (χ0n) is 10.8. The normalized spacial score (nSPS) is 21.3. The molecule has 2 N–H and O–H groups in total. The standard InChI is InChI=1S/C15H11Cl2FN2O/c16-8-1-6-11(12(17)7-8)14-13(19)15(21)20(14)10-4-2-9(18)3-5-10/h1-7,13-14H,19H2/t13-,14+/m1/s1. The second-order valence-electron chi connectivity index (χ2n) is 4.82. The van der Waals surface area contributed by atoms with Crippen molar-refractivity contribution in [3.63, 3.8) is 0 Å². The van der Waals surface area contributed by atoms with E-state index in [0.717, 1.165) is 5.56 Å². The first kappa shape index (κ1) is 14.3. The Balaban J connectivity index is 2.00. The molecule has 3 rings (SSSR count). The minimum Gasteiger partial charge on any atom is -0.318 e. The lowest BCUT2D eigenvalue weighted by Crippen LogP contribution is -2.63. The van der Waals surface area contributed by atoms with Gasteiger partial charge in [0.25, 0.3) is 0 Å². The number of nitrogens with zero attached hydrogens (tertiary/aromatic N) is 1. The van der Waals surface area contributed by atoms with Crippen molar-refractivity contribution in [2.45, 2.75) is 12.1 Å². The van der Waals surface area contributed by atoms with Crippen LogP contribution in [0, 0.1) is 5.82 Å². The van der Waals surface area contributed by atoms with E-state index in [9.17, 15) is 9.18 Å². The Bertz CT molecular complexity index is 705. The van der Waals surface area contributed by atoms with E-state index in [-0.39, 0.29) is 17.8 Å². The van der Waals surface area contributed by atoms with Gasteiger partial charge in [0.1, 0.15) is 11.9 Å². The molecule has 2 aromatic carbocycles. The molecule has 1 amide bonds. The highest BCUT2D eigenvalue weighted by Crippen LogP contribution is 2.41. The van der Waals surface area contributed by atoms with Gasteiger partial charge in [0.15, 0.2) is 0 Å². The Morgan fingerprint density at radius 3 is 2.38 bits per heavy atom. The Morgan fingerprint density at radius 2 is 1.76 bits per heavy atom. The van der Waals surface area contributed by atoms with Gasteiger partial charge in [0.05, 0.1) is 6.04 Å². The SMILES string of the molecule is N[C@H]1C(=O)N(c2ccc(F)cc2)[C@H]1c1ccc(Cl)cc1Cl. The van der Waals surface area contributed by atoms with Crippen LogP contribution in [0.1, 0.15) is 11.6 Å². The number of halogens is 3. The summed E-state index contributed by atoms with van der Waals surface area (Å²) in [6.07, 6.45) is 0. The summed E-state index contributed by atoms with van der Waals surface area (Å²) in [7, 11) is 0. The van der Waals surface area contributed by atoms with Crippen LogP contribution in [0.15, 0.2) is 42.5 Å². The number of hydrogen-bond donors (Lipinski definition) is 1. The fourth-order valence-electron chi connectivity index (χ4n) is 2.47. The number of anilines is 1. The average molecular weight is 325 g/mol. The molecule has 0 radical (unpaired) electrons. The molecule has 1 heterocycles. The largest absolute Gasteiger partial charge is 0.318 e. The fourth-order valence-corrected chi connectivity index (χ4v) is 2.99. The second kappa shape index (κ2) is 5.30. The minimum atomic E-state index is -0.672. The van der Waals surface area contributed by atoms with Crippen molar-refractivity contribution in [1.82, 2.24) is 0 Å². The Morgan fingerprint density at radius 1 is 1.10 bits per heavy atom. The van der Waals surface area contributed by atoms with E-state index >= 15 is 0 Å². The molecular formula is C15H11Cl2FN2O. The molecule has 1 saturated heterocycles. The lowest BCUT2D eigenvalue weighted by molar-refractivity contribution is -0.126. The maximum atomic E-state index is 13.0. The van der Waals surface area contributed by atoms with Gasteiger partial charge in [0.2, 0.25) is 5.91 Å². The van der Waals surface area contributed by atoms with E-state index in [1.165, 1.54) is 29.2 Å². The van der Waals surface area contributed by atoms with E-state index in [1.807, 2.05) is 0 Å². The van der Waals surface area contributed by atoms with Crippen molar-refractivity contribution < 1.29 is 9.18 Å². The lowest BCUT2D eigenvalue weighted by atomic mass is 9.88. The molecule has 1 aliphatic rings. The predicted octanol–water partition coefficient (Wildman–Crippen LogP) is 3.55. The van der Waals surface area contributed by atoms with E-state index in [2.05, 4.69) is 0 Å². The van der Waals surface area contributed by atoms with Crippen molar-refractivity contribution in [3.05, 3.63) is 63.9 Å². The molecule has 3 nitrogen and oxygen atoms in total. The van der Waals surface area contributed by atoms with Gasteiger partial charge < -0.3 is 10.6 Å². The van der Waals surface area contributed by atoms with Crippen LogP contribution in [0.5, 0.6) is 0 Å². The fraction of sp³-hybridized carbons (Fsp3) is 0.133. The highest BCUT2D eigenvalue weighted by Gasteiger charge is 2.47. The zero-order chi connectivity index (χ0) is 15.1. The monoisotopic (exact) mass is 324 g/mol. The number of benzene rings is 2. The number of rotatable bonds is 2. The van der Waals surface area contributed by atoms with Crippen molar-refractivity contribution in [3.8, 4) is 0 Å².